The smallest absolute Gasteiger partial charge is 0.402 e. The summed E-state index contributed by atoms with van der Waals surface area (Å²) in [4.78, 5) is 9.88. The lowest BCUT2D eigenvalue weighted by atomic mass is 10.5. The molecule has 0 atom stereocenters. The van der Waals surface area contributed by atoms with Gasteiger partial charge in [0.25, 0.3) is 0 Å². The Morgan fingerprint density at radius 2 is 2.05 bits per heavy atom. The number of rotatable bonds is 5. The van der Waals surface area contributed by atoms with Gasteiger partial charge in [0.05, 0.1) is 0 Å². The zero-order valence-corrected chi connectivity index (χ0v) is 11.6. The van der Waals surface area contributed by atoms with Gasteiger partial charge in [0.2, 0.25) is 10.0 Å². The lowest BCUT2D eigenvalue weighted by molar-refractivity contribution is -0.137. The molecule has 1 aromatic heterocycles. The Bertz CT molecular complexity index is 619. The second-order valence-corrected chi connectivity index (χ2v) is 7.09. The van der Waals surface area contributed by atoms with Crippen LogP contribution < -0.4 is 0 Å². The van der Waals surface area contributed by atoms with Crippen molar-refractivity contribution in [3.8, 4) is 0 Å². The van der Waals surface area contributed by atoms with Gasteiger partial charge in [-0.25, -0.2) is 13.2 Å². The molecule has 0 radical (unpaired) electrons. The van der Waals surface area contributed by atoms with Crippen molar-refractivity contribution in [2.45, 2.75) is 30.0 Å². The first kappa shape index (κ1) is 15.3. The molecule has 1 aliphatic rings. The number of alkyl halides is 3. The Morgan fingerprint density at radius 1 is 1.45 bits per heavy atom. The standard InChI is InChI=1S/C10H10F3NO4S2/c11-10(12,13)5-14(6-1-2-6)20(17,18)7-3-4-19-8(7)9(15)16/h3-4,6H,1-2,5H2,(H,15,16). The summed E-state index contributed by atoms with van der Waals surface area (Å²) in [6.45, 7) is -1.60. The van der Waals surface area contributed by atoms with Crippen LogP contribution in [0.3, 0.4) is 0 Å². The van der Waals surface area contributed by atoms with Gasteiger partial charge in [-0.3, -0.25) is 0 Å². The SMILES string of the molecule is O=C(O)c1sccc1S(=O)(=O)N(CC(F)(F)F)C1CC1. The number of thiophene rings is 1. The number of carboxylic acid groups (broad SMARTS) is 1. The third-order valence-corrected chi connectivity index (χ3v) is 5.67. The Balaban J connectivity index is 2.40. The Kier molecular flexibility index (Phi) is 3.82. The minimum atomic E-state index is -4.67. The molecule has 5 nitrogen and oxygen atoms in total. The van der Waals surface area contributed by atoms with E-state index in [-0.39, 0.29) is 0 Å². The zero-order chi connectivity index (χ0) is 15.1. The summed E-state index contributed by atoms with van der Waals surface area (Å²) < 4.78 is 62.4. The van der Waals surface area contributed by atoms with E-state index in [1.165, 1.54) is 5.38 Å². The van der Waals surface area contributed by atoms with E-state index in [2.05, 4.69) is 0 Å². The molecule has 0 saturated heterocycles. The molecule has 0 unspecified atom stereocenters. The average Bonchev–Trinajstić information content (AvgIpc) is 2.99. The molecular weight excluding hydrogens is 319 g/mol. The van der Waals surface area contributed by atoms with Crippen molar-refractivity contribution in [2.75, 3.05) is 6.54 Å². The molecule has 1 aromatic rings. The Hall–Kier alpha value is -1.13. The van der Waals surface area contributed by atoms with Crippen molar-refractivity contribution in [3.05, 3.63) is 16.3 Å². The van der Waals surface area contributed by atoms with E-state index in [1.807, 2.05) is 0 Å². The highest BCUT2D eigenvalue weighted by Crippen LogP contribution is 2.36. The molecule has 0 amide bonds. The van der Waals surface area contributed by atoms with Crippen LogP contribution in [-0.4, -0.2) is 42.6 Å². The number of hydrogen-bond acceptors (Lipinski definition) is 4. The van der Waals surface area contributed by atoms with Gasteiger partial charge in [-0.1, -0.05) is 0 Å². The topological polar surface area (TPSA) is 74.7 Å². The van der Waals surface area contributed by atoms with Gasteiger partial charge in [0, 0.05) is 6.04 Å². The molecule has 1 heterocycles. The number of nitrogens with zero attached hydrogens (tertiary/aromatic N) is 1. The number of aromatic carboxylic acids is 1. The molecule has 0 spiro atoms. The molecular formula is C10H10F3NO4S2. The fraction of sp³-hybridized carbons (Fsp3) is 0.500. The fourth-order valence-electron chi connectivity index (χ4n) is 1.73. The maximum atomic E-state index is 12.5. The summed E-state index contributed by atoms with van der Waals surface area (Å²) in [7, 11) is -4.46. The predicted octanol–water partition coefficient (Wildman–Crippen LogP) is 2.16. The molecule has 1 aliphatic carbocycles. The molecule has 0 aliphatic heterocycles. The van der Waals surface area contributed by atoms with Crippen LogP contribution in [0.2, 0.25) is 0 Å². The summed E-state index contributed by atoms with van der Waals surface area (Å²) >= 11 is 0.665. The lowest BCUT2D eigenvalue weighted by Crippen LogP contribution is -2.40. The van der Waals surface area contributed by atoms with E-state index in [1.54, 1.807) is 0 Å². The van der Waals surface area contributed by atoms with Crippen LogP contribution in [0.15, 0.2) is 16.3 Å². The summed E-state index contributed by atoms with van der Waals surface area (Å²) in [6.07, 6.45) is -3.97. The Morgan fingerprint density at radius 3 is 2.50 bits per heavy atom. The predicted molar refractivity (Wildman–Crippen MR) is 64.2 cm³/mol. The quantitative estimate of drug-likeness (QED) is 0.898. The second kappa shape index (κ2) is 5.01. The third kappa shape index (κ3) is 3.13. The van der Waals surface area contributed by atoms with E-state index in [0.29, 0.717) is 28.5 Å². The van der Waals surface area contributed by atoms with Crippen molar-refractivity contribution in [1.29, 1.82) is 0 Å². The van der Waals surface area contributed by atoms with E-state index < -0.39 is 44.5 Å². The molecule has 2 rings (SSSR count). The normalized spacial score (nSPS) is 16.6. The highest BCUT2D eigenvalue weighted by molar-refractivity contribution is 7.89. The second-order valence-electron chi connectivity index (χ2n) is 4.32. The van der Waals surface area contributed by atoms with Crippen molar-refractivity contribution < 1.29 is 31.5 Å². The highest BCUT2D eigenvalue weighted by Gasteiger charge is 2.45. The first-order valence-corrected chi connectivity index (χ1v) is 7.84. The van der Waals surface area contributed by atoms with Gasteiger partial charge < -0.3 is 5.11 Å². The van der Waals surface area contributed by atoms with E-state index in [9.17, 15) is 26.4 Å². The van der Waals surface area contributed by atoms with Crippen LogP contribution in [0.1, 0.15) is 22.5 Å². The van der Waals surface area contributed by atoms with Crippen LogP contribution in [-0.2, 0) is 10.0 Å². The van der Waals surface area contributed by atoms with Crippen molar-refractivity contribution in [2.24, 2.45) is 0 Å². The maximum Gasteiger partial charge on any atom is 0.402 e. The molecule has 112 valence electrons. The number of halogens is 3. The minimum Gasteiger partial charge on any atom is -0.477 e. The van der Waals surface area contributed by atoms with Crippen LogP contribution in [0, 0.1) is 0 Å². The minimum absolute atomic E-state index is 0.349. The zero-order valence-electron chi connectivity index (χ0n) is 9.92. The molecule has 1 saturated carbocycles. The highest BCUT2D eigenvalue weighted by atomic mass is 32.2. The largest absolute Gasteiger partial charge is 0.477 e. The molecule has 0 aromatic carbocycles. The molecule has 1 fully saturated rings. The van der Waals surface area contributed by atoms with E-state index in [0.717, 1.165) is 6.07 Å². The number of carboxylic acids is 1. The number of sulfonamides is 1. The summed E-state index contributed by atoms with van der Waals surface area (Å²) in [5, 5.41) is 10.1. The third-order valence-electron chi connectivity index (χ3n) is 2.70. The van der Waals surface area contributed by atoms with Crippen LogP contribution in [0.4, 0.5) is 13.2 Å². The number of hydrogen-bond donors (Lipinski definition) is 1. The van der Waals surface area contributed by atoms with E-state index >= 15 is 0 Å². The first-order valence-electron chi connectivity index (χ1n) is 5.52. The van der Waals surface area contributed by atoms with Crippen LogP contribution >= 0.6 is 11.3 Å². The lowest BCUT2D eigenvalue weighted by Gasteiger charge is -2.22. The number of carbonyl (C=O) groups is 1. The maximum absolute atomic E-state index is 12.5. The van der Waals surface area contributed by atoms with Crippen molar-refractivity contribution >= 4 is 27.3 Å². The van der Waals surface area contributed by atoms with Crippen LogP contribution in [0.25, 0.3) is 0 Å². The van der Waals surface area contributed by atoms with Gasteiger partial charge in [-0.05, 0) is 24.3 Å². The Labute approximate surface area is 116 Å². The summed E-state index contributed by atoms with van der Waals surface area (Å²) in [5.41, 5.74) is 0. The monoisotopic (exact) mass is 329 g/mol. The van der Waals surface area contributed by atoms with Gasteiger partial charge in [0.1, 0.15) is 16.3 Å². The van der Waals surface area contributed by atoms with Crippen molar-refractivity contribution in [3.63, 3.8) is 0 Å². The molecule has 1 N–H and O–H groups in total. The van der Waals surface area contributed by atoms with Gasteiger partial charge in [-0.2, -0.15) is 17.5 Å². The van der Waals surface area contributed by atoms with E-state index in [4.69, 9.17) is 5.11 Å². The van der Waals surface area contributed by atoms with Gasteiger partial charge in [0.15, 0.2) is 0 Å². The van der Waals surface area contributed by atoms with Gasteiger partial charge in [-0.15, -0.1) is 11.3 Å². The van der Waals surface area contributed by atoms with Crippen molar-refractivity contribution in [1.82, 2.24) is 4.31 Å². The average molecular weight is 329 g/mol. The fourth-order valence-corrected chi connectivity index (χ4v) is 4.64. The van der Waals surface area contributed by atoms with Gasteiger partial charge >= 0.3 is 12.1 Å². The summed E-state index contributed by atoms with van der Waals surface area (Å²) in [5.74, 6) is -1.47. The van der Waals surface area contributed by atoms with Crippen LogP contribution in [0.5, 0.6) is 0 Å². The summed E-state index contributed by atoms with van der Waals surface area (Å²) in [6, 6.07) is 0.318. The first-order chi connectivity index (χ1) is 9.13. The molecule has 20 heavy (non-hydrogen) atoms. The molecule has 10 heteroatoms. The molecule has 0 bridgehead atoms.